The van der Waals surface area contributed by atoms with Gasteiger partial charge in [-0.1, -0.05) is 17.7 Å². The summed E-state index contributed by atoms with van der Waals surface area (Å²) in [5, 5.41) is 0.627. The van der Waals surface area contributed by atoms with E-state index in [1.807, 2.05) is 6.07 Å². The molecule has 0 spiro atoms. The van der Waals surface area contributed by atoms with Crippen LogP contribution in [0, 0.1) is 0 Å². The predicted molar refractivity (Wildman–Crippen MR) is 75.7 cm³/mol. The summed E-state index contributed by atoms with van der Waals surface area (Å²) in [6.45, 7) is 7.38. The molecule has 0 unspecified atom stereocenters. The number of benzene rings is 1. The van der Waals surface area contributed by atoms with Crippen LogP contribution in [-0.4, -0.2) is 19.7 Å². The molecule has 0 aromatic heterocycles. The van der Waals surface area contributed by atoms with Crippen molar-refractivity contribution in [3.63, 3.8) is 0 Å². The molecule has 0 amide bonds. The van der Waals surface area contributed by atoms with Gasteiger partial charge in [-0.15, -0.1) is 6.58 Å². The van der Waals surface area contributed by atoms with Crippen LogP contribution in [0.2, 0.25) is 5.02 Å². The number of hydrogen-bond donors (Lipinski definition) is 0. The van der Waals surface area contributed by atoms with Gasteiger partial charge in [-0.25, -0.2) is 8.42 Å². The smallest absolute Gasteiger partial charge is 0.240 e. The van der Waals surface area contributed by atoms with Crippen LogP contribution < -0.4 is 4.31 Å². The lowest BCUT2D eigenvalue weighted by Crippen LogP contribution is -2.50. The number of sulfonamides is 1. The minimum atomic E-state index is -3.37. The van der Waals surface area contributed by atoms with Gasteiger partial charge in [0, 0.05) is 5.02 Å². The van der Waals surface area contributed by atoms with Crippen molar-refractivity contribution in [2.45, 2.75) is 25.0 Å². The number of nitrogens with zero attached hydrogens (tertiary/aromatic N) is 1. The van der Waals surface area contributed by atoms with Gasteiger partial charge in [0.05, 0.1) is 17.0 Å². The third-order valence-electron chi connectivity index (χ3n) is 3.21. The van der Waals surface area contributed by atoms with E-state index in [0.717, 1.165) is 5.56 Å². The van der Waals surface area contributed by atoms with Crippen molar-refractivity contribution >= 4 is 27.3 Å². The van der Waals surface area contributed by atoms with Gasteiger partial charge in [0.1, 0.15) is 0 Å². The first-order chi connectivity index (χ1) is 8.29. The standard InChI is InChI=1S/C13H16ClNO2S/c1-4-7-15-12-6-5-11(14)8-10(12)9-13(2,3)18(15,16)17/h4-6,8H,1,7,9H2,2-3H3. The Hall–Kier alpha value is -1.00. The van der Waals surface area contributed by atoms with Crippen LogP contribution in [0.5, 0.6) is 0 Å². The Morgan fingerprint density at radius 2 is 2.17 bits per heavy atom. The van der Waals surface area contributed by atoms with Gasteiger partial charge >= 0.3 is 0 Å². The third-order valence-corrected chi connectivity index (χ3v) is 5.91. The number of rotatable bonds is 2. The molecule has 1 aliphatic rings. The summed E-state index contributed by atoms with van der Waals surface area (Å²) in [7, 11) is -3.37. The molecule has 1 aromatic carbocycles. The fourth-order valence-electron chi connectivity index (χ4n) is 2.23. The Morgan fingerprint density at radius 3 is 2.78 bits per heavy atom. The van der Waals surface area contributed by atoms with Crippen molar-refractivity contribution in [2.24, 2.45) is 0 Å². The monoisotopic (exact) mass is 285 g/mol. The van der Waals surface area contributed by atoms with E-state index in [0.29, 0.717) is 17.1 Å². The van der Waals surface area contributed by atoms with Crippen LogP contribution in [-0.2, 0) is 16.4 Å². The Kier molecular flexibility index (Phi) is 3.19. The molecule has 18 heavy (non-hydrogen) atoms. The zero-order chi connectivity index (χ0) is 13.6. The Bertz CT molecular complexity index is 593. The van der Waals surface area contributed by atoms with E-state index >= 15 is 0 Å². The summed E-state index contributed by atoms with van der Waals surface area (Å²) in [5.74, 6) is 0. The van der Waals surface area contributed by atoms with Gasteiger partial charge in [0.25, 0.3) is 0 Å². The van der Waals surface area contributed by atoms with Gasteiger partial charge in [0.2, 0.25) is 10.0 Å². The maximum absolute atomic E-state index is 12.5. The highest BCUT2D eigenvalue weighted by molar-refractivity contribution is 7.94. The largest absolute Gasteiger partial charge is 0.266 e. The van der Waals surface area contributed by atoms with Crippen molar-refractivity contribution in [1.29, 1.82) is 0 Å². The molecule has 0 radical (unpaired) electrons. The van der Waals surface area contributed by atoms with Crippen molar-refractivity contribution in [1.82, 2.24) is 0 Å². The van der Waals surface area contributed by atoms with Crippen molar-refractivity contribution in [3.8, 4) is 0 Å². The first-order valence-corrected chi connectivity index (χ1v) is 7.53. The van der Waals surface area contributed by atoms with E-state index in [-0.39, 0.29) is 6.54 Å². The second-order valence-electron chi connectivity index (χ2n) is 5.03. The SMILES string of the molecule is C=CCN1c2ccc(Cl)cc2CC(C)(C)S1(=O)=O. The average Bonchev–Trinajstić information content (AvgIpc) is 2.24. The minimum absolute atomic E-state index is 0.278. The molecule has 0 aliphatic carbocycles. The summed E-state index contributed by atoms with van der Waals surface area (Å²) in [6.07, 6.45) is 2.07. The zero-order valence-electron chi connectivity index (χ0n) is 10.5. The Balaban J connectivity index is 2.67. The molecule has 3 nitrogen and oxygen atoms in total. The fourth-order valence-corrected chi connectivity index (χ4v) is 4.10. The summed E-state index contributed by atoms with van der Waals surface area (Å²) >= 11 is 5.98. The van der Waals surface area contributed by atoms with Gasteiger partial charge in [-0.2, -0.15) is 0 Å². The molecule has 0 saturated heterocycles. The quantitative estimate of drug-likeness (QED) is 0.784. The molecule has 0 bridgehead atoms. The van der Waals surface area contributed by atoms with Crippen LogP contribution in [0.15, 0.2) is 30.9 Å². The second kappa shape index (κ2) is 4.28. The fraction of sp³-hybridized carbons (Fsp3) is 0.385. The molecule has 1 heterocycles. The van der Waals surface area contributed by atoms with Crippen LogP contribution >= 0.6 is 11.6 Å². The van der Waals surface area contributed by atoms with E-state index in [4.69, 9.17) is 11.6 Å². The average molecular weight is 286 g/mol. The molecule has 0 N–H and O–H groups in total. The topological polar surface area (TPSA) is 37.4 Å². The molecular weight excluding hydrogens is 270 g/mol. The summed E-state index contributed by atoms with van der Waals surface area (Å²) in [4.78, 5) is 0. The van der Waals surface area contributed by atoms with E-state index in [2.05, 4.69) is 6.58 Å². The number of hydrogen-bond acceptors (Lipinski definition) is 2. The molecule has 2 rings (SSSR count). The van der Waals surface area contributed by atoms with Crippen LogP contribution in [0.25, 0.3) is 0 Å². The highest BCUT2D eigenvalue weighted by Crippen LogP contribution is 2.39. The summed E-state index contributed by atoms with van der Waals surface area (Å²) in [5.41, 5.74) is 1.67. The van der Waals surface area contributed by atoms with E-state index in [1.54, 1.807) is 32.1 Å². The van der Waals surface area contributed by atoms with Crippen LogP contribution in [0.1, 0.15) is 19.4 Å². The minimum Gasteiger partial charge on any atom is -0.266 e. The van der Waals surface area contributed by atoms with Gasteiger partial charge in [0.15, 0.2) is 0 Å². The highest BCUT2D eigenvalue weighted by Gasteiger charge is 2.44. The molecule has 0 fully saturated rings. The predicted octanol–water partition coefficient (Wildman–Crippen LogP) is 3.00. The van der Waals surface area contributed by atoms with E-state index < -0.39 is 14.8 Å². The first kappa shape index (κ1) is 13.4. The summed E-state index contributed by atoms with van der Waals surface area (Å²) in [6, 6.07) is 5.31. The number of halogens is 1. The lowest BCUT2D eigenvalue weighted by molar-refractivity contribution is 0.534. The highest BCUT2D eigenvalue weighted by atomic mass is 35.5. The van der Waals surface area contributed by atoms with Gasteiger partial charge in [-0.05, 0) is 44.0 Å². The number of anilines is 1. The Labute approximate surface area is 113 Å². The Morgan fingerprint density at radius 1 is 1.50 bits per heavy atom. The van der Waals surface area contributed by atoms with Crippen molar-refractivity contribution in [3.05, 3.63) is 41.4 Å². The van der Waals surface area contributed by atoms with Crippen LogP contribution in [0.3, 0.4) is 0 Å². The lowest BCUT2D eigenvalue weighted by Gasteiger charge is -2.39. The van der Waals surface area contributed by atoms with Crippen molar-refractivity contribution < 1.29 is 8.42 Å². The second-order valence-corrected chi connectivity index (χ2v) is 7.97. The summed E-state index contributed by atoms with van der Waals surface area (Å²) < 4.78 is 25.6. The maximum Gasteiger partial charge on any atom is 0.240 e. The molecule has 0 atom stereocenters. The maximum atomic E-state index is 12.5. The van der Waals surface area contributed by atoms with E-state index in [9.17, 15) is 8.42 Å². The zero-order valence-corrected chi connectivity index (χ0v) is 12.1. The molecule has 98 valence electrons. The third kappa shape index (κ3) is 1.93. The van der Waals surface area contributed by atoms with Gasteiger partial charge in [-0.3, -0.25) is 4.31 Å². The molecule has 1 aromatic rings. The van der Waals surface area contributed by atoms with Crippen LogP contribution in [0.4, 0.5) is 5.69 Å². The van der Waals surface area contributed by atoms with Crippen molar-refractivity contribution in [2.75, 3.05) is 10.8 Å². The first-order valence-electron chi connectivity index (χ1n) is 5.71. The van der Waals surface area contributed by atoms with E-state index in [1.165, 1.54) is 4.31 Å². The molecule has 5 heteroatoms. The molecule has 0 saturated carbocycles. The normalized spacial score (nSPS) is 20.3. The molecular formula is C13H16ClNO2S. The number of fused-ring (bicyclic) bond motifs is 1. The molecule has 1 aliphatic heterocycles. The van der Waals surface area contributed by atoms with Gasteiger partial charge < -0.3 is 0 Å². The lowest BCUT2D eigenvalue weighted by atomic mass is 10.00.